The number of hydrazine groups is 1. The van der Waals surface area contributed by atoms with E-state index in [9.17, 15) is 14.4 Å². The Morgan fingerprint density at radius 2 is 1.72 bits per heavy atom. The quantitative estimate of drug-likeness (QED) is 0.266. The molecule has 1 aromatic heterocycles. The van der Waals surface area contributed by atoms with Crippen molar-refractivity contribution in [3.8, 4) is 5.75 Å². The highest BCUT2D eigenvalue weighted by atomic mass is 35.5. The van der Waals surface area contributed by atoms with Crippen molar-refractivity contribution in [1.29, 1.82) is 0 Å². The number of carbonyl (C=O) groups is 3. The molecule has 0 saturated heterocycles. The fraction of sp³-hybridized carbons (Fsp3) is 0.143. The van der Waals surface area contributed by atoms with Crippen molar-refractivity contribution in [1.82, 2.24) is 10.4 Å². The lowest BCUT2D eigenvalue weighted by Gasteiger charge is -2.18. The molecule has 3 rings (SSSR count). The van der Waals surface area contributed by atoms with Crippen LogP contribution in [0.5, 0.6) is 5.75 Å². The maximum atomic E-state index is 13.2. The smallest absolute Gasteiger partial charge is 0.253 e. The maximum Gasteiger partial charge on any atom is 0.253 e. The summed E-state index contributed by atoms with van der Waals surface area (Å²) in [5.74, 6) is -1.19. The van der Waals surface area contributed by atoms with Crippen molar-refractivity contribution in [3.05, 3.63) is 65.0 Å². The molecule has 2 N–H and O–H groups in total. The number of thiazole rings is 1. The highest BCUT2D eigenvalue weighted by Gasteiger charge is 2.26. The lowest BCUT2D eigenvalue weighted by molar-refractivity contribution is -0.118. The van der Waals surface area contributed by atoms with Crippen molar-refractivity contribution in [2.24, 2.45) is 0 Å². The second-order valence-corrected chi connectivity index (χ2v) is 7.75. The van der Waals surface area contributed by atoms with Crippen LogP contribution in [0.2, 0.25) is 0 Å². The summed E-state index contributed by atoms with van der Waals surface area (Å²) in [5.41, 5.74) is 5.90. The first-order valence-corrected chi connectivity index (χ1v) is 11.1. The van der Waals surface area contributed by atoms with E-state index in [-0.39, 0.29) is 33.4 Å². The summed E-state index contributed by atoms with van der Waals surface area (Å²) in [6, 6.07) is 15.3. The molecule has 2 aromatic carbocycles. The number of para-hydroxylation sites is 1. The molecule has 0 spiro atoms. The van der Waals surface area contributed by atoms with Gasteiger partial charge in [0, 0.05) is 5.56 Å². The minimum Gasteiger partial charge on any atom is -0.497 e. The highest BCUT2D eigenvalue weighted by Crippen LogP contribution is 2.35. The molecule has 2 amide bonds. The molecule has 0 atom stereocenters. The number of carbonyl (C=O) groups excluding carboxylic acids is 3. The highest BCUT2D eigenvalue weighted by molar-refractivity contribution is 7.18. The predicted molar refractivity (Wildman–Crippen MR) is 125 cm³/mol. The average Bonchev–Trinajstić information content (AvgIpc) is 3.26. The molecule has 32 heavy (non-hydrogen) atoms. The van der Waals surface area contributed by atoms with Crippen LogP contribution in [0.25, 0.3) is 0 Å². The maximum absolute atomic E-state index is 13.2. The molecule has 0 fully saturated rings. The van der Waals surface area contributed by atoms with E-state index in [2.05, 4.69) is 15.8 Å². The van der Waals surface area contributed by atoms with E-state index < -0.39 is 11.8 Å². The van der Waals surface area contributed by atoms with E-state index in [1.807, 2.05) is 6.07 Å². The Morgan fingerprint density at radius 1 is 1.03 bits per heavy atom. The third-order valence-electron chi connectivity index (χ3n) is 4.19. The minimum atomic E-state index is -0.513. The molecule has 0 bridgehead atoms. The van der Waals surface area contributed by atoms with Crippen LogP contribution in [0.3, 0.4) is 0 Å². The number of benzene rings is 2. The number of anilines is 3. The van der Waals surface area contributed by atoms with Gasteiger partial charge in [-0.2, -0.15) is 4.98 Å². The van der Waals surface area contributed by atoms with Gasteiger partial charge < -0.3 is 4.74 Å². The molecular weight excluding hydrogens is 475 g/mol. The molecule has 0 aliphatic rings. The summed E-state index contributed by atoms with van der Waals surface area (Å²) in [4.78, 5) is 43.3. The molecule has 3 aromatic rings. The predicted octanol–water partition coefficient (Wildman–Crippen LogP) is 3.97. The first-order valence-electron chi connectivity index (χ1n) is 9.22. The standard InChI is InChI=1S/C21H18Cl2N4O4S/c1-31-15-9-7-13(8-10-15)18(30)19-20(26-25-16(28)11-22)24-21(32-19)27(17(29)12-23)14-5-3-2-4-6-14/h2-10,26H,11-12H2,1H3,(H,25,28). The Balaban J connectivity index is 2.05. The number of alkyl halides is 2. The zero-order chi connectivity index (χ0) is 23.1. The number of ether oxygens (including phenoxy) is 1. The number of ketones is 1. The van der Waals surface area contributed by atoms with Gasteiger partial charge in [0.1, 0.15) is 22.4 Å². The SMILES string of the molecule is COc1ccc(C(=O)c2sc(N(C(=O)CCl)c3ccccc3)nc2NNC(=O)CCl)cc1. The van der Waals surface area contributed by atoms with Gasteiger partial charge in [-0.1, -0.05) is 29.5 Å². The van der Waals surface area contributed by atoms with E-state index >= 15 is 0 Å². The summed E-state index contributed by atoms with van der Waals surface area (Å²) in [6.07, 6.45) is 0. The Labute approximate surface area is 198 Å². The number of aromatic nitrogens is 1. The molecule has 11 heteroatoms. The van der Waals surface area contributed by atoms with Crippen LogP contribution in [0.15, 0.2) is 54.6 Å². The number of nitrogens with one attached hydrogen (secondary N) is 2. The fourth-order valence-electron chi connectivity index (χ4n) is 2.68. The zero-order valence-electron chi connectivity index (χ0n) is 16.8. The van der Waals surface area contributed by atoms with E-state index in [0.29, 0.717) is 17.0 Å². The van der Waals surface area contributed by atoms with Crippen molar-refractivity contribution >= 4 is 68.8 Å². The molecule has 0 aliphatic carbocycles. The number of methoxy groups -OCH3 is 1. The Hall–Kier alpha value is -3.14. The summed E-state index contributed by atoms with van der Waals surface area (Å²) in [7, 11) is 1.53. The first kappa shape index (κ1) is 23.5. The lowest BCUT2D eigenvalue weighted by Crippen LogP contribution is -2.31. The van der Waals surface area contributed by atoms with Gasteiger partial charge in [-0.3, -0.25) is 30.1 Å². The zero-order valence-corrected chi connectivity index (χ0v) is 19.1. The van der Waals surface area contributed by atoms with Gasteiger partial charge in [0.15, 0.2) is 10.9 Å². The van der Waals surface area contributed by atoms with Gasteiger partial charge in [0.2, 0.25) is 11.7 Å². The van der Waals surface area contributed by atoms with E-state index in [1.54, 1.807) is 48.5 Å². The van der Waals surface area contributed by atoms with Crippen molar-refractivity contribution in [3.63, 3.8) is 0 Å². The summed E-state index contributed by atoms with van der Waals surface area (Å²) >= 11 is 12.3. The Bertz CT molecular complexity index is 1110. The molecule has 8 nitrogen and oxygen atoms in total. The molecular formula is C21H18Cl2N4O4S. The topological polar surface area (TPSA) is 101 Å². The number of hydrogen-bond donors (Lipinski definition) is 2. The average molecular weight is 493 g/mol. The van der Waals surface area contributed by atoms with Gasteiger partial charge in [0.25, 0.3) is 5.91 Å². The van der Waals surface area contributed by atoms with Gasteiger partial charge in [-0.25, -0.2) is 0 Å². The number of hydrogen-bond acceptors (Lipinski definition) is 7. The van der Waals surface area contributed by atoms with Crippen LogP contribution in [0.1, 0.15) is 15.2 Å². The van der Waals surface area contributed by atoms with Gasteiger partial charge in [-0.15, -0.1) is 23.2 Å². The Kier molecular flexibility index (Phi) is 8.04. The number of rotatable bonds is 9. The van der Waals surface area contributed by atoms with Gasteiger partial charge in [0.05, 0.1) is 12.8 Å². The molecule has 0 aliphatic heterocycles. The second-order valence-electron chi connectivity index (χ2n) is 6.24. The fourth-order valence-corrected chi connectivity index (χ4v) is 3.89. The number of amides is 2. The van der Waals surface area contributed by atoms with E-state index in [1.165, 1.54) is 12.0 Å². The van der Waals surface area contributed by atoms with Gasteiger partial charge in [-0.05, 0) is 36.4 Å². The summed E-state index contributed by atoms with van der Waals surface area (Å²) < 4.78 is 5.13. The Morgan fingerprint density at radius 3 is 2.31 bits per heavy atom. The minimum absolute atomic E-state index is 0.0765. The normalized spacial score (nSPS) is 10.3. The van der Waals surface area contributed by atoms with Crippen LogP contribution >= 0.6 is 34.5 Å². The lowest BCUT2D eigenvalue weighted by atomic mass is 10.1. The monoisotopic (exact) mass is 492 g/mol. The summed E-state index contributed by atoms with van der Waals surface area (Å²) in [6.45, 7) is 0. The van der Waals surface area contributed by atoms with Gasteiger partial charge >= 0.3 is 0 Å². The molecule has 0 unspecified atom stereocenters. The third-order valence-corrected chi connectivity index (χ3v) is 5.70. The largest absolute Gasteiger partial charge is 0.497 e. The molecule has 1 heterocycles. The van der Waals surface area contributed by atoms with Crippen molar-refractivity contribution in [2.75, 3.05) is 29.2 Å². The van der Waals surface area contributed by atoms with E-state index in [0.717, 1.165) is 11.3 Å². The van der Waals surface area contributed by atoms with E-state index in [4.69, 9.17) is 27.9 Å². The van der Waals surface area contributed by atoms with Crippen molar-refractivity contribution < 1.29 is 19.1 Å². The second kappa shape index (κ2) is 10.9. The molecule has 0 radical (unpaired) electrons. The molecule has 166 valence electrons. The number of nitrogens with zero attached hydrogens (tertiary/aromatic N) is 2. The van der Waals surface area contributed by atoms with Crippen LogP contribution < -0.4 is 20.5 Å². The molecule has 0 saturated carbocycles. The van der Waals surface area contributed by atoms with Crippen LogP contribution in [0, 0.1) is 0 Å². The van der Waals surface area contributed by atoms with Crippen LogP contribution in [-0.2, 0) is 9.59 Å². The van der Waals surface area contributed by atoms with Crippen LogP contribution in [-0.4, -0.2) is 41.5 Å². The van der Waals surface area contributed by atoms with Crippen LogP contribution in [0.4, 0.5) is 16.6 Å². The van der Waals surface area contributed by atoms with Crippen molar-refractivity contribution in [2.45, 2.75) is 0 Å². The third kappa shape index (κ3) is 5.37. The number of halogens is 2. The first-order chi connectivity index (χ1) is 15.5. The summed E-state index contributed by atoms with van der Waals surface area (Å²) in [5, 5.41) is 0.210.